The second-order valence-corrected chi connectivity index (χ2v) is 4.98. The van der Waals surface area contributed by atoms with Crippen molar-refractivity contribution in [3.8, 4) is 16.7 Å². The molecule has 0 unspecified atom stereocenters. The van der Waals surface area contributed by atoms with Gasteiger partial charge < -0.3 is 9.47 Å². The molecule has 0 radical (unpaired) electrons. The molecule has 0 bridgehead atoms. The first-order valence-corrected chi connectivity index (χ1v) is 6.11. The van der Waals surface area contributed by atoms with Crippen molar-refractivity contribution in [1.82, 2.24) is 10.2 Å². The molecule has 84 valence electrons. The largest absolute Gasteiger partial charge is 0.497 e. The Morgan fingerprint density at radius 3 is 2.69 bits per heavy atom. The van der Waals surface area contributed by atoms with Crippen molar-refractivity contribution in [2.24, 2.45) is 0 Å². The maximum absolute atomic E-state index is 5.57. The Bertz CT molecular complexity index is 501. The van der Waals surface area contributed by atoms with E-state index in [9.17, 15) is 0 Å². The van der Waals surface area contributed by atoms with Crippen LogP contribution in [-0.4, -0.2) is 17.3 Å². The van der Waals surface area contributed by atoms with Crippen molar-refractivity contribution in [1.29, 1.82) is 0 Å². The highest BCUT2D eigenvalue weighted by Crippen LogP contribution is 2.33. The summed E-state index contributed by atoms with van der Waals surface area (Å²) in [6, 6.07) is 5.48. The highest BCUT2D eigenvalue weighted by molar-refractivity contribution is 9.10. The molecule has 0 N–H and O–H groups in total. The fourth-order valence-electron chi connectivity index (χ4n) is 1.11. The zero-order chi connectivity index (χ0) is 11.5. The van der Waals surface area contributed by atoms with Crippen LogP contribution in [-0.2, 0) is 0 Å². The van der Waals surface area contributed by atoms with Crippen LogP contribution in [0, 0.1) is 6.92 Å². The molecule has 0 amide bonds. The van der Waals surface area contributed by atoms with E-state index in [1.54, 1.807) is 7.11 Å². The topological polar surface area (TPSA) is 44.2 Å². The minimum Gasteiger partial charge on any atom is -0.497 e. The third-order valence-corrected chi connectivity index (χ3v) is 3.18. The van der Waals surface area contributed by atoms with Crippen molar-refractivity contribution in [3.63, 3.8) is 0 Å². The van der Waals surface area contributed by atoms with Gasteiger partial charge in [-0.1, -0.05) is 16.4 Å². The average Bonchev–Trinajstić information content (AvgIpc) is 2.67. The molecule has 4 nitrogen and oxygen atoms in total. The molecule has 0 atom stereocenters. The number of aromatic nitrogens is 2. The quantitative estimate of drug-likeness (QED) is 0.871. The first kappa shape index (κ1) is 11.3. The number of hydrogen-bond donors (Lipinski definition) is 0. The Kier molecular flexibility index (Phi) is 3.40. The van der Waals surface area contributed by atoms with E-state index in [-0.39, 0.29) is 0 Å². The van der Waals surface area contributed by atoms with Crippen LogP contribution in [0.2, 0.25) is 0 Å². The third-order valence-electron chi connectivity index (χ3n) is 1.84. The predicted octanol–water partition coefficient (Wildman–Crippen LogP) is 3.41. The molecular weight excluding hydrogens is 292 g/mol. The Hall–Kier alpha value is -1.14. The van der Waals surface area contributed by atoms with E-state index in [0.29, 0.717) is 10.9 Å². The van der Waals surface area contributed by atoms with E-state index in [2.05, 4.69) is 26.1 Å². The van der Waals surface area contributed by atoms with Gasteiger partial charge in [0.25, 0.3) is 5.19 Å². The first-order valence-electron chi connectivity index (χ1n) is 4.50. The van der Waals surface area contributed by atoms with Crippen LogP contribution in [0.4, 0.5) is 0 Å². The van der Waals surface area contributed by atoms with Gasteiger partial charge in [-0.25, -0.2) is 0 Å². The summed E-state index contributed by atoms with van der Waals surface area (Å²) in [5.41, 5.74) is 0. The monoisotopic (exact) mass is 300 g/mol. The van der Waals surface area contributed by atoms with Crippen LogP contribution in [0.3, 0.4) is 0 Å². The standard InChI is InChI=1S/C10H9BrN2O2S/c1-6-12-13-10(16-6)15-9-4-3-7(14-2)5-8(9)11/h3-5H,1-2H3. The molecule has 16 heavy (non-hydrogen) atoms. The average molecular weight is 301 g/mol. The van der Waals surface area contributed by atoms with Crippen molar-refractivity contribution >= 4 is 27.3 Å². The highest BCUT2D eigenvalue weighted by Gasteiger charge is 2.07. The predicted molar refractivity (Wildman–Crippen MR) is 65.4 cm³/mol. The van der Waals surface area contributed by atoms with Crippen LogP contribution >= 0.6 is 27.3 Å². The number of benzene rings is 1. The van der Waals surface area contributed by atoms with Crippen molar-refractivity contribution in [2.45, 2.75) is 6.92 Å². The minimum atomic E-state index is 0.531. The Morgan fingerprint density at radius 2 is 2.12 bits per heavy atom. The zero-order valence-corrected chi connectivity index (χ0v) is 11.1. The minimum absolute atomic E-state index is 0.531. The Balaban J connectivity index is 2.21. The lowest BCUT2D eigenvalue weighted by Gasteiger charge is -2.05. The maximum atomic E-state index is 5.57. The van der Waals surface area contributed by atoms with Gasteiger partial charge in [-0.05, 0) is 41.1 Å². The SMILES string of the molecule is COc1ccc(Oc2nnc(C)s2)c(Br)c1. The van der Waals surface area contributed by atoms with Gasteiger partial charge >= 0.3 is 0 Å². The summed E-state index contributed by atoms with van der Waals surface area (Å²) >= 11 is 4.81. The van der Waals surface area contributed by atoms with Gasteiger partial charge in [0.2, 0.25) is 0 Å². The molecule has 0 saturated carbocycles. The summed E-state index contributed by atoms with van der Waals surface area (Å²) in [6.45, 7) is 1.88. The van der Waals surface area contributed by atoms with Gasteiger partial charge in [0.05, 0.1) is 11.6 Å². The second kappa shape index (κ2) is 4.80. The summed E-state index contributed by atoms with van der Waals surface area (Å²) in [7, 11) is 1.62. The summed E-state index contributed by atoms with van der Waals surface area (Å²) in [6.07, 6.45) is 0. The highest BCUT2D eigenvalue weighted by atomic mass is 79.9. The van der Waals surface area contributed by atoms with Gasteiger partial charge in [-0.2, -0.15) is 0 Å². The van der Waals surface area contributed by atoms with Crippen LogP contribution < -0.4 is 9.47 Å². The van der Waals surface area contributed by atoms with E-state index in [0.717, 1.165) is 15.2 Å². The van der Waals surface area contributed by atoms with E-state index in [4.69, 9.17) is 9.47 Å². The number of hydrogen-bond acceptors (Lipinski definition) is 5. The fraction of sp³-hybridized carbons (Fsp3) is 0.200. The van der Waals surface area contributed by atoms with Crippen LogP contribution in [0.5, 0.6) is 16.7 Å². The lowest BCUT2D eigenvalue weighted by molar-refractivity contribution is 0.412. The lowest BCUT2D eigenvalue weighted by atomic mass is 10.3. The molecular formula is C10H9BrN2O2S. The van der Waals surface area contributed by atoms with Gasteiger partial charge in [-0.3, -0.25) is 0 Å². The molecule has 0 saturated heterocycles. The summed E-state index contributed by atoms with van der Waals surface area (Å²) in [4.78, 5) is 0. The Labute approximate surface area is 105 Å². The molecule has 0 fully saturated rings. The van der Waals surface area contributed by atoms with Crippen LogP contribution in [0.15, 0.2) is 22.7 Å². The van der Waals surface area contributed by atoms with Crippen molar-refractivity contribution in [3.05, 3.63) is 27.7 Å². The molecule has 0 aliphatic carbocycles. The second-order valence-electron chi connectivity index (χ2n) is 2.99. The maximum Gasteiger partial charge on any atom is 0.299 e. The number of aryl methyl sites for hydroxylation is 1. The van der Waals surface area contributed by atoms with Gasteiger partial charge in [-0.15, -0.1) is 5.10 Å². The first-order chi connectivity index (χ1) is 7.69. The Morgan fingerprint density at radius 1 is 1.31 bits per heavy atom. The zero-order valence-electron chi connectivity index (χ0n) is 8.73. The van der Waals surface area contributed by atoms with Crippen molar-refractivity contribution < 1.29 is 9.47 Å². The van der Waals surface area contributed by atoms with Crippen molar-refractivity contribution in [2.75, 3.05) is 7.11 Å². The third kappa shape index (κ3) is 2.51. The smallest absolute Gasteiger partial charge is 0.299 e. The van der Waals surface area contributed by atoms with E-state index >= 15 is 0 Å². The molecule has 0 aliphatic heterocycles. The molecule has 1 heterocycles. The van der Waals surface area contributed by atoms with Crippen LogP contribution in [0.1, 0.15) is 5.01 Å². The van der Waals surface area contributed by atoms with E-state index in [1.807, 2.05) is 25.1 Å². The molecule has 1 aromatic heterocycles. The lowest BCUT2D eigenvalue weighted by Crippen LogP contribution is -1.87. The fourth-order valence-corrected chi connectivity index (χ4v) is 2.09. The number of nitrogens with zero attached hydrogens (tertiary/aromatic N) is 2. The normalized spacial score (nSPS) is 10.2. The molecule has 1 aromatic carbocycles. The van der Waals surface area contributed by atoms with Crippen LogP contribution in [0.25, 0.3) is 0 Å². The van der Waals surface area contributed by atoms with Gasteiger partial charge in [0.15, 0.2) is 0 Å². The molecule has 6 heteroatoms. The van der Waals surface area contributed by atoms with Gasteiger partial charge in [0.1, 0.15) is 16.5 Å². The molecule has 2 rings (SSSR count). The number of halogens is 1. The molecule has 2 aromatic rings. The number of rotatable bonds is 3. The van der Waals surface area contributed by atoms with E-state index < -0.39 is 0 Å². The summed E-state index contributed by atoms with van der Waals surface area (Å²) < 4.78 is 11.5. The summed E-state index contributed by atoms with van der Waals surface area (Å²) in [5.74, 6) is 1.46. The van der Waals surface area contributed by atoms with Gasteiger partial charge in [0, 0.05) is 0 Å². The molecule has 0 aliphatic rings. The number of ether oxygens (including phenoxy) is 2. The molecule has 0 spiro atoms. The summed E-state index contributed by atoms with van der Waals surface area (Å²) in [5, 5.41) is 9.17. The number of methoxy groups -OCH3 is 1. The van der Waals surface area contributed by atoms with E-state index in [1.165, 1.54) is 11.3 Å².